The summed E-state index contributed by atoms with van der Waals surface area (Å²) in [6, 6.07) is 4.94. The van der Waals surface area contributed by atoms with Crippen molar-refractivity contribution in [2.75, 3.05) is 0 Å². The minimum absolute atomic E-state index is 0.121. The lowest BCUT2D eigenvalue weighted by Crippen LogP contribution is -2.05. The van der Waals surface area contributed by atoms with Crippen LogP contribution < -0.4 is 0 Å². The van der Waals surface area contributed by atoms with Gasteiger partial charge in [-0.1, -0.05) is 35.4 Å². The van der Waals surface area contributed by atoms with Gasteiger partial charge in [-0.2, -0.15) is 0 Å². The predicted molar refractivity (Wildman–Crippen MR) is 66.7 cm³/mol. The van der Waals surface area contributed by atoms with E-state index in [-0.39, 0.29) is 16.2 Å². The molecule has 0 heterocycles. The molecule has 1 aromatic carbocycles. The Balaban J connectivity index is 2.17. The monoisotopic (exact) mass is 258 g/mol. The first-order chi connectivity index (χ1) is 7.66. The van der Waals surface area contributed by atoms with Crippen molar-refractivity contribution in [3.63, 3.8) is 0 Å². The highest BCUT2D eigenvalue weighted by molar-refractivity contribution is 6.31. The largest absolute Gasteiger partial charge is 0.205 e. The van der Waals surface area contributed by atoms with E-state index in [1.165, 1.54) is 11.6 Å². The second-order valence-corrected chi connectivity index (χ2v) is 5.06. The van der Waals surface area contributed by atoms with Crippen LogP contribution in [0.25, 0.3) is 0 Å². The average Bonchev–Trinajstić information content (AvgIpc) is 2.25. The standard InChI is InChI=1S/C13H13Cl2F/c14-11-5-1-3-9(8-11)7-10-4-2-6-12(16)13(10)15/h2,4,6,8,11H,1,3,5,7H2. The number of alkyl halides is 1. The van der Waals surface area contributed by atoms with Gasteiger partial charge in [0, 0.05) is 0 Å². The molecule has 0 fully saturated rings. The van der Waals surface area contributed by atoms with Crippen molar-refractivity contribution in [2.24, 2.45) is 0 Å². The van der Waals surface area contributed by atoms with Crippen LogP contribution in [0.2, 0.25) is 5.02 Å². The van der Waals surface area contributed by atoms with Crippen molar-refractivity contribution in [1.82, 2.24) is 0 Å². The molecule has 0 amide bonds. The molecule has 1 unspecified atom stereocenters. The summed E-state index contributed by atoms with van der Waals surface area (Å²) in [6.45, 7) is 0. The lowest BCUT2D eigenvalue weighted by atomic mass is 9.94. The third-order valence-corrected chi connectivity index (χ3v) is 3.61. The van der Waals surface area contributed by atoms with Crippen molar-refractivity contribution in [1.29, 1.82) is 0 Å². The molecule has 0 radical (unpaired) electrons. The first kappa shape index (κ1) is 11.9. The van der Waals surface area contributed by atoms with Gasteiger partial charge in [0.15, 0.2) is 0 Å². The lowest BCUT2D eigenvalue weighted by Gasteiger charge is -2.17. The molecule has 1 aliphatic rings. The highest BCUT2D eigenvalue weighted by atomic mass is 35.5. The summed E-state index contributed by atoms with van der Waals surface area (Å²) in [5.41, 5.74) is 2.11. The van der Waals surface area contributed by atoms with Gasteiger partial charge in [0.1, 0.15) is 5.82 Å². The van der Waals surface area contributed by atoms with Crippen LogP contribution in [0.4, 0.5) is 4.39 Å². The smallest absolute Gasteiger partial charge is 0.142 e. The van der Waals surface area contributed by atoms with Crippen molar-refractivity contribution in [2.45, 2.75) is 31.1 Å². The number of rotatable bonds is 2. The van der Waals surface area contributed by atoms with Crippen LogP contribution >= 0.6 is 23.2 Å². The summed E-state index contributed by atoms with van der Waals surface area (Å²) in [5, 5.41) is 0.358. The Bertz CT molecular complexity index is 412. The molecule has 1 aromatic rings. The van der Waals surface area contributed by atoms with Crippen molar-refractivity contribution in [3.05, 3.63) is 46.3 Å². The fourth-order valence-electron chi connectivity index (χ4n) is 2.02. The van der Waals surface area contributed by atoms with E-state index in [0.29, 0.717) is 6.42 Å². The number of benzene rings is 1. The van der Waals surface area contributed by atoms with Crippen molar-refractivity contribution in [3.8, 4) is 0 Å². The maximum Gasteiger partial charge on any atom is 0.142 e. The Hall–Kier alpha value is -0.530. The Morgan fingerprint density at radius 3 is 2.94 bits per heavy atom. The number of hydrogen-bond acceptors (Lipinski definition) is 0. The van der Waals surface area contributed by atoms with E-state index in [9.17, 15) is 4.39 Å². The molecule has 0 spiro atoms. The molecule has 0 bridgehead atoms. The lowest BCUT2D eigenvalue weighted by molar-refractivity contribution is 0.625. The van der Waals surface area contributed by atoms with E-state index in [2.05, 4.69) is 6.08 Å². The van der Waals surface area contributed by atoms with Crippen molar-refractivity contribution >= 4 is 23.2 Å². The molecule has 1 aliphatic carbocycles. The van der Waals surface area contributed by atoms with Gasteiger partial charge in [-0.05, 0) is 37.3 Å². The van der Waals surface area contributed by atoms with Gasteiger partial charge in [0.2, 0.25) is 0 Å². The van der Waals surface area contributed by atoms with E-state index in [4.69, 9.17) is 23.2 Å². The fraction of sp³-hybridized carbons (Fsp3) is 0.385. The molecule has 0 aliphatic heterocycles. The molecule has 0 aromatic heterocycles. The van der Waals surface area contributed by atoms with Gasteiger partial charge < -0.3 is 0 Å². The molecule has 86 valence electrons. The van der Waals surface area contributed by atoms with E-state index >= 15 is 0 Å². The van der Waals surface area contributed by atoms with Crippen LogP contribution in [0, 0.1) is 5.82 Å². The minimum atomic E-state index is -0.349. The SMILES string of the molecule is Fc1cccc(CC2=CC(Cl)CCC2)c1Cl. The summed E-state index contributed by atoms with van der Waals surface area (Å²) >= 11 is 12.0. The second kappa shape index (κ2) is 5.20. The Morgan fingerprint density at radius 2 is 2.19 bits per heavy atom. The number of allylic oxidation sites excluding steroid dienone is 2. The van der Waals surface area contributed by atoms with Crippen molar-refractivity contribution < 1.29 is 4.39 Å². The van der Waals surface area contributed by atoms with Gasteiger partial charge in [-0.3, -0.25) is 0 Å². The van der Waals surface area contributed by atoms with Crippen LogP contribution in [0.3, 0.4) is 0 Å². The van der Waals surface area contributed by atoms with Crippen LogP contribution in [0.1, 0.15) is 24.8 Å². The fourth-order valence-corrected chi connectivity index (χ4v) is 2.55. The predicted octanol–water partition coefficient (Wildman–Crippen LogP) is 4.74. The summed E-state index contributed by atoms with van der Waals surface area (Å²) in [6.07, 6.45) is 5.96. The topological polar surface area (TPSA) is 0 Å². The number of halogens is 3. The highest BCUT2D eigenvalue weighted by Gasteiger charge is 2.13. The Kier molecular flexibility index (Phi) is 3.88. The molecular weight excluding hydrogens is 246 g/mol. The molecule has 16 heavy (non-hydrogen) atoms. The summed E-state index contributed by atoms with van der Waals surface area (Å²) in [5.74, 6) is -0.349. The number of hydrogen-bond donors (Lipinski definition) is 0. The zero-order chi connectivity index (χ0) is 11.5. The Labute approximate surface area is 105 Å². The maximum atomic E-state index is 13.2. The van der Waals surface area contributed by atoms with Crippen LogP contribution in [0.5, 0.6) is 0 Å². The van der Waals surface area contributed by atoms with E-state index in [0.717, 1.165) is 24.8 Å². The van der Waals surface area contributed by atoms with Crippen LogP contribution in [-0.2, 0) is 6.42 Å². The van der Waals surface area contributed by atoms with Crippen LogP contribution in [-0.4, -0.2) is 5.38 Å². The molecule has 0 N–H and O–H groups in total. The quantitative estimate of drug-likeness (QED) is 0.531. The first-order valence-electron chi connectivity index (χ1n) is 5.43. The molecule has 2 rings (SSSR count). The molecule has 0 saturated heterocycles. The van der Waals surface area contributed by atoms with E-state index in [1.54, 1.807) is 6.07 Å². The summed E-state index contributed by atoms with van der Waals surface area (Å²) in [4.78, 5) is 0. The van der Waals surface area contributed by atoms with Gasteiger partial charge >= 0.3 is 0 Å². The third kappa shape index (κ3) is 2.78. The van der Waals surface area contributed by atoms with Gasteiger partial charge in [0.25, 0.3) is 0 Å². The van der Waals surface area contributed by atoms with Crippen LogP contribution in [0.15, 0.2) is 29.8 Å². The normalized spacial score (nSPS) is 20.7. The van der Waals surface area contributed by atoms with E-state index < -0.39 is 0 Å². The van der Waals surface area contributed by atoms with E-state index in [1.807, 2.05) is 6.07 Å². The molecule has 0 saturated carbocycles. The zero-order valence-electron chi connectivity index (χ0n) is 8.85. The minimum Gasteiger partial charge on any atom is -0.205 e. The van der Waals surface area contributed by atoms with Gasteiger partial charge in [0.05, 0.1) is 10.4 Å². The molecular formula is C13H13Cl2F. The third-order valence-electron chi connectivity index (χ3n) is 2.84. The second-order valence-electron chi connectivity index (χ2n) is 4.12. The van der Waals surface area contributed by atoms with Gasteiger partial charge in [-0.15, -0.1) is 11.6 Å². The first-order valence-corrected chi connectivity index (χ1v) is 6.25. The summed E-state index contributed by atoms with van der Waals surface area (Å²) < 4.78 is 13.2. The summed E-state index contributed by atoms with van der Waals surface area (Å²) in [7, 11) is 0. The maximum absolute atomic E-state index is 13.2. The Morgan fingerprint density at radius 1 is 1.38 bits per heavy atom. The zero-order valence-corrected chi connectivity index (χ0v) is 10.4. The highest BCUT2D eigenvalue weighted by Crippen LogP contribution is 2.28. The molecule has 1 atom stereocenters. The average molecular weight is 259 g/mol. The molecule has 3 heteroatoms. The van der Waals surface area contributed by atoms with Gasteiger partial charge in [-0.25, -0.2) is 4.39 Å². The molecule has 0 nitrogen and oxygen atoms in total.